The summed E-state index contributed by atoms with van der Waals surface area (Å²) >= 11 is 0. The van der Waals surface area contributed by atoms with Crippen LogP contribution in [-0.2, 0) is 16.2 Å². The molecule has 52 heavy (non-hydrogen) atoms. The standard InChI is InChI=1S/C42H36.C8H18.C2H6/c1-5-17-34-28(6-2)29-18-9-12-21-35(29)41(34)26-40(32(7-3)33(41)8-4)27-42(39-25-16-15-24-38(39)40)36-22-13-10-19-30(36)31-20-11-14-23-37(31)42;1-7(2,3)8(4,5)6;1-2/h5,7-25H,3-4,6,26-27H2,1-2H3;1-6H3;1-2H3/b17-5-;;. The molecule has 4 aromatic rings. The van der Waals surface area contributed by atoms with Gasteiger partial charge in [-0.25, -0.2) is 0 Å². The van der Waals surface area contributed by atoms with Gasteiger partial charge in [0.25, 0.3) is 0 Å². The van der Waals surface area contributed by atoms with Gasteiger partial charge in [-0.2, -0.15) is 0 Å². The second-order valence-corrected chi connectivity index (χ2v) is 16.9. The van der Waals surface area contributed by atoms with Crippen LogP contribution >= 0.6 is 0 Å². The Kier molecular flexibility index (Phi) is 9.71. The van der Waals surface area contributed by atoms with E-state index in [-0.39, 0.29) is 16.2 Å². The number of fused-ring (bicyclic) bond motifs is 10. The van der Waals surface area contributed by atoms with E-state index >= 15 is 0 Å². The Labute approximate surface area is 315 Å². The molecule has 0 bridgehead atoms. The van der Waals surface area contributed by atoms with E-state index in [0.717, 1.165) is 19.3 Å². The predicted molar refractivity (Wildman–Crippen MR) is 227 cm³/mol. The Morgan fingerprint density at radius 3 is 1.38 bits per heavy atom. The van der Waals surface area contributed by atoms with E-state index in [4.69, 9.17) is 0 Å². The van der Waals surface area contributed by atoms with Gasteiger partial charge >= 0.3 is 0 Å². The summed E-state index contributed by atoms with van der Waals surface area (Å²) in [6.45, 7) is 31.1. The van der Waals surface area contributed by atoms with E-state index in [0.29, 0.717) is 10.8 Å². The van der Waals surface area contributed by atoms with Crippen molar-refractivity contribution in [3.63, 3.8) is 0 Å². The molecule has 268 valence electrons. The zero-order valence-electron chi connectivity index (χ0n) is 33.6. The summed E-state index contributed by atoms with van der Waals surface area (Å²) in [4.78, 5) is 0. The Bertz CT molecular complexity index is 2050. The van der Waals surface area contributed by atoms with E-state index in [1.807, 2.05) is 13.8 Å². The van der Waals surface area contributed by atoms with E-state index in [2.05, 4.69) is 190 Å². The van der Waals surface area contributed by atoms with Crippen LogP contribution in [0.25, 0.3) is 16.7 Å². The topological polar surface area (TPSA) is 0 Å². The molecule has 0 nitrogen and oxygen atoms in total. The minimum absolute atomic E-state index is 0.213. The third-order valence-electron chi connectivity index (χ3n) is 13.2. The number of benzene rings is 4. The number of allylic oxidation sites excluding steroid dienone is 8. The van der Waals surface area contributed by atoms with Gasteiger partial charge in [-0.3, -0.25) is 0 Å². The smallest absolute Gasteiger partial charge is 0.0478 e. The van der Waals surface area contributed by atoms with Crippen LogP contribution in [0.1, 0.15) is 122 Å². The normalized spacial score (nSPS) is 21.8. The van der Waals surface area contributed by atoms with Crippen molar-refractivity contribution in [3.8, 4) is 11.1 Å². The molecule has 0 N–H and O–H groups in total. The van der Waals surface area contributed by atoms with Crippen LogP contribution in [0.3, 0.4) is 0 Å². The van der Waals surface area contributed by atoms with Crippen molar-refractivity contribution in [2.24, 2.45) is 10.8 Å². The fraction of sp³-hybridized carbons (Fsp3) is 0.346. The summed E-state index contributed by atoms with van der Waals surface area (Å²) in [5.74, 6) is 0. The molecule has 4 aliphatic rings. The van der Waals surface area contributed by atoms with Crippen molar-refractivity contribution in [3.05, 3.63) is 185 Å². The quantitative estimate of drug-likeness (QED) is 0.201. The molecule has 0 radical (unpaired) electrons. The summed E-state index contributed by atoms with van der Waals surface area (Å²) in [7, 11) is 0. The molecular formula is C52H60. The summed E-state index contributed by atoms with van der Waals surface area (Å²) in [5, 5.41) is 0. The molecule has 2 atom stereocenters. The van der Waals surface area contributed by atoms with E-state index in [1.165, 1.54) is 66.8 Å². The van der Waals surface area contributed by atoms with Gasteiger partial charge < -0.3 is 0 Å². The molecule has 0 aromatic heterocycles. The zero-order valence-corrected chi connectivity index (χ0v) is 33.6. The third kappa shape index (κ3) is 5.08. The first-order valence-corrected chi connectivity index (χ1v) is 19.6. The third-order valence-corrected chi connectivity index (χ3v) is 13.2. The first-order valence-electron chi connectivity index (χ1n) is 19.6. The van der Waals surface area contributed by atoms with Gasteiger partial charge in [0.2, 0.25) is 0 Å². The molecular weight excluding hydrogens is 625 g/mol. The minimum Gasteiger partial charge on any atom is -0.0987 e. The van der Waals surface area contributed by atoms with Crippen molar-refractivity contribution < 1.29 is 0 Å². The van der Waals surface area contributed by atoms with Gasteiger partial charge in [0.1, 0.15) is 0 Å². The largest absolute Gasteiger partial charge is 0.0987 e. The van der Waals surface area contributed by atoms with Crippen LogP contribution in [0.2, 0.25) is 0 Å². The highest BCUT2D eigenvalue weighted by molar-refractivity contribution is 5.89. The number of hydrogen-bond acceptors (Lipinski definition) is 0. The average Bonchev–Trinajstić information content (AvgIpc) is 3.80. The van der Waals surface area contributed by atoms with E-state index in [9.17, 15) is 0 Å². The maximum absolute atomic E-state index is 4.52. The van der Waals surface area contributed by atoms with Crippen LogP contribution in [-0.4, -0.2) is 0 Å². The van der Waals surface area contributed by atoms with Crippen molar-refractivity contribution in [2.45, 2.75) is 105 Å². The van der Waals surface area contributed by atoms with Gasteiger partial charge in [-0.05, 0) is 104 Å². The lowest BCUT2D eigenvalue weighted by atomic mass is 9.65. The van der Waals surface area contributed by atoms with Gasteiger partial charge in [-0.1, -0.05) is 197 Å². The Morgan fingerprint density at radius 1 is 0.538 bits per heavy atom. The second kappa shape index (κ2) is 13.5. The van der Waals surface area contributed by atoms with Crippen molar-refractivity contribution in [1.82, 2.24) is 0 Å². The van der Waals surface area contributed by atoms with Crippen molar-refractivity contribution >= 4 is 5.57 Å². The van der Waals surface area contributed by atoms with E-state index < -0.39 is 0 Å². The Balaban J connectivity index is 0.000000414. The Morgan fingerprint density at radius 2 is 0.942 bits per heavy atom. The fourth-order valence-corrected chi connectivity index (χ4v) is 9.78. The monoisotopic (exact) mass is 684 g/mol. The van der Waals surface area contributed by atoms with Gasteiger partial charge in [-0.15, -0.1) is 0 Å². The number of rotatable bonds is 4. The van der Waals surface area contributed by atoms with Crippen LogP contribution in [0.4, 0.5) is 0 Å². The Hall–Kier alpha value is -4.42. The molecule has 0 saturated carbocycles. The summed E-state index contributed by atoms with van der Waals surface area (Å²) in [6.07, 6.45) is 11.9. The second-order valence-electron chi connectivity index (χ2n) is 16.9. The summed E-state index contributed by atoms with van der Waals surface area (Å²) < 4.78 is 0. The molecule has 2 unspecified atom stereocenters. The highest BCUT2D eigenvalue weighted by atomic mass is 14.7. The molecule has 0 aliphatic heterocycles. The first-order chi connectivity index (χ1) is 24.9. The lowest BCUT2D eigenvalue weighted by molar-refractivity contribution is 0.157. The minimum atomic E-state index is -0.268. The molecule has 0 fully saturated rings. The molecule has 4 aromatic carbocycles. The van der Waals surface area contributed by atoms with Gasteiger partial charge in [0.05, 0.1) is 0 Å². The SMILES string of the molecule is C=CC1=C(C=C)C2(CC13CC1(c4ccccc4-c4ccccc41)c1ccccc13)C(/C=C\C)=C(CC)c1ccccc12.CC.CC(C)(C)C(C)(C)C. The highest BCUT2D eigenvalue weighted by Crippen LogP contribution is 2.72. The molecule has 0 heterocycles. The molecule has 0 saturated heterocycles. The van der Waals surface area contributed by atoms with Gasteiger partial charge in [0.15, 0.2) is 0 Å². The van der Waals surface area contributed by atoms with Gasteiger partial charge in [0, 0.05) is 16.2 Å². The summed E-state index contributed by atoms with van der Waals surface area (Å²) in [5.41, 5.74) is 17.1. The molecule has 4 aliphatic carbocycles. The maximum Gasteiger partial charge on any atom is 0.0478 e. The molecule has 0 heteroatoms. The predicted octanol–water partition coefficient (Wildman–Crippen LogP) is 14.5. The molecule has 0 amide bonds. The lowest BCUT2D eigenvalue weighted by Crippen LogP contribution is -2.33. The fourth-order valence-electron chi connectivity index (χ4n) is 9.78. The summed E-state index contributed by atoms with van der Waals surface area (Å²) in [6, 6.07) is 36.7. The molecule has 3 spiro atoms. The number of hydrogen-bond donors (Lipinski definition) is 0. The van der Waals surface area contributed by atoms with Crippen LogP contribution < -0.4 is 0 Å². The van der Waals surface area contributed by atoms with Crippen molar-refractivity contribution in [2.75, 3.05) is 0 Å². The van der Waals surface area contributed by atoms with Crippen LogP contribution in [0, 0.1) is 10.8 Å². The lowest BCUT2D eigenvalue weighted by Gasteiger charge is -2.36. The van der Waals surface area contributed by atoms with E-state index in [1.54, 1.807) is 0 Å². The van der Waals surface area contributed by atoms with Crippen molar-refractivity contribution in [1.29, 1.82) is 0 Å². The highest BCUT2D eigenvalue weighted by Gasteiger charge is 2.65. The van der Waals surface area contributed by atoms with Crippen LogP contribution in [0.5, 0.6) is 0 Å². The van der Waals surface area contributed by atoms with Crippen LogP contribution in [0.15, 0.2) is 151 Å². The first kappa shape index (κ1) is 37.3. The zero-order chi connectivity index (χ0) is 37.7. The maximum atomic E-state index is 4.52. The molecule has 8 rings (SSSR count). The average molecular weight is 685 g/mol.